The molecule has 36 heavy (non-hydrogen) atoms. The molecule has 0 saturated heterocycles. The molecule has 0 atom stereocenters. The third kappa shape index (κ3) is 3.62. The fraction of sp³-hybridized carbons (Fsp3) is 0.517. The number of nitrogens with zero attached hydrogens (tertiary/aromatic N) is 3. The Morgan fingerprint density at radius 2 is 1.58 bits per heavy atom. The molecule has 0 aromatic heterocycles. The lowest BCUT2D eigenvalue weighted by molar-refractivity contribution is -0.137. The maximum atomic E-state index is 13.8. The van der Waals surface area contributed by atoms with E-state index >= 15 is 0 Å². The second-order valence-corrected chi connectivity index (χ2v) is 10.6. The van der Waals surface area contributed by atoms with Crippen molar-refractivity contribution in [3.63, 3.8) is 0 Å². The molecule has 7 nitrogen and oxygen atoms in total. The molecule has 1 N–H and O–H groups in total. The van der Waals surface area contributed by atoms with Crippen molar-refractivity contribution in [1.29, 1.82) is 0 Å². The summed E-state index contributed by atoms with van der Waals surface area (Å²) in [5, 5.41) is 9.16. The molecule has 4 aliphatic rings. The largest absolute Gasteiger partial charge is 0.481 e. The van der Waals surface area contributed by atoms with Gasteiger partial charge in [0, 0.05) is 62.0 Å². The number of ether oxygens (including phenoxy) is 1. The second-order valence-electron chi connectivity index (χ2n) is 10.6. The van der Waals surface area contributed by atoms with E-state index in [1.807, 2.05) is 4.90 Å². The molecule has 4 heterocycles. The third-order valence-corrected chi connectivity index (χ3v) is 8.26. The molecule has 0 unspecified atom stereocenters. The Balaban J connectivity index is 1.55. The summed E-state index contributed by atoms with van der Waals surface area (Å²) in [7, 11) is 2.15. The van der Waals surface area contributed by atoms with Gasteiger partial charge in [0.05, 0.1) is 11.4 Å². The van der Waals surface area contributed by atoms with Crippen molar-refractivity contribution < 1.29 is 19.4 Å². The monoisotopic (exact) mass is 489 g/mol. The van der Waals surface area contributed by atoms with E-state index in [9.17, 15) is 9.59 Å². The standard InChI is InChI=1S/C29H35N3O4/c1-3-18-16-22-28(20-9-6-13-30(2)26(18)20)36-29-21-10-7-15-31-14-5-8-19(27(21)31)17-23(29)32(22)24(33)11-4-12-25(34)35/h16-17H,3-15H2,1-2H3,(H,34,35). The van der Waals surface area contributed by atoms with Crippen LogP contribution in [0, 0.1) is 0 Å². The van der Waals surface area contributed by atoms with Crippen LogP contribution in [0.1, 0.15) is 67.7 Å². The number of benzene rings is 2. The van der Waals surface area contributed by atoms with Crippen LogP contribution in [0.2, 0.25) is 0 Å². The molecule has 0 fully saturated rings. The summed E-state index contributed by atoms with van der Waals surface area (Å²) < 4.78 is 6.88. The number of carbonyl (C=O) groups excluding carboxylic acids is 1. The van der Waals surface area contributed by atoms with Crippen molar-refractivity contribution in [3.8, 4) is 11.5 Å². The zero-order valence-corrected chi connectivity index (χ0v) is 21.4. The van der Waals surface area contributed by atoms with Gasteiger partial charge in [-0.3, -0.25) is 14.5 Å². The summed E-state index contributed by atoms with van der Waals surface area (Å²) >= 11 is 0. The number of fused-ring (bicyclic) bond motifs is 5. The lowest BCUT2D eigenvalue weighted by Gasteiger charge is -2.42. The van der Waals surface area contributed by atoms with E-state index in [4.69, 9.17) is 9.84 Å². The maximum Gasteiger partial charge on any atom is 0.303 e. The first-order chi connectivity index (χ1) is 17.5. The zero-order chi connectivity index (χ0) is 25.0. The SMILES string of the molecule is CCc1cc2c(c3c1N(C)CCC3)Oc1c(cc3c4c1CCCN4CCC3)N2C(=O)CCCC(=O)O. The summed E-state index contributed by atoms with van der Waals surface area (Å²) in [5.74, 6) is 0.731. The van der Waals surface area contributed by atoms with E-state index in [1.165, 1.54) is 33.6 Å². The van der Waals surface area contributed by atoms with Crippen LogP contribution in [-0.2, 0) is 35.3 Å². The Morgan fingerprint density at radius 1 is 0.917 bits per heavy atom. The Kier molecular flexibility index (Phi) is 5.81. The van der Waals surface area contributed by atoms with E-state index in [2.05, 4.69) is 35.9 Å². The summed E-state index contributed by atoms with van der Waals surface area (Å²) in [5.41, 5.74) is 9.20. The van der Waals surface area contributed by atoms with Gasteiger partial charge in [0.25, 0.3) is 0 Å². The fourth-order valence-electron chi connectivity index (χ4n) is 6.71. The van der Waals surface area contributed by atoms with E-state index in [0.717, 1.165) is 87.5 Å². The zero-order valence-electron chi connectivity index (χ0n) is 21.4. The number of aliphatic carboxylic acids is 1. The van der Waals surface area contributed by atoms with Gasteiger partial charge in [0.15, 0.2) is 11.5 Å². The smallest absolute Gasteiger partial charge is 0.303 e. The van der Waals surface area contributed by atoms with Crippen molar-refractivity contribution >= 4 is 34.6 Å². The number of carboxylic acids is 1. The highest BCUT2D eigenvalue weighted by atomic mass is 16.5. The minimum atomic E-state index is -0.866. The van der Waals surface area contributed by atoms with Gasteiger partial charge in [-0.05, 0) is 74.6 Å². The minimum Gasteiger partial charge on any atom is -0.481 e. The number of anilines is 4. The predicted octanol–water partition coefficient (Wildman–Crippen LogP) is 5.36. The molecule has 6 rings (SSSR count). The second kappa shape index (κ2) is 9.02. The van der Waals surface area contributed by atoms with Crippen LogP contribution in [0.4, 0.5) is 22.7 Å². The average Bonchev–Trinajstić information content (AvgIpc) is 2.87. The molecule has 1 amide bonds. The molecular weight excluding hydrogens is 454 g/mol. The Labute approximate surface area is 212 Å². The molecule has 0 radical (unpaired) electrons. The van der Waals surface area contributed by atoms with Crippen LogP contribution < -0.4 is 19.4 Å². The first-order valence-corrected chi connectivity index (χ1v) is 13.5. The van der Waals surface area contributed by atoms with E-state index in [-0.39, 0.29) is 18.7 Å². The number of carbonyl (C=O) groups is 2. The summed E-state index contributed by atoms with van der Waals surface area (Å²) in [6, 6.07) is 4.33. The molecule has 7 heteroatoms. The molecular formula is C29H35N3O4. The summed E-state index contributed by atoms with van der Waals surface area (Å²) in [4.78, 5) is 31.7. The molecule has 0 bridgehead atoms. The highest BCUT2D eigenvalue weighted by Crippen LogP contribution is 2.57. The third-order valence-electron chi connectivity index (χ3n) is 8.26. The fourth-order valence-corrected chi connectivity index (χ4v) is 6.71. The molecule has 0 aliphatic carbocycles. The van der Waals surface area contributed by atoms with E-state index in [1.54, 1.807) is 0 Å². The lowest BCUT2D eigenvalue weighted by Crippen LogP contribution is -2.36. The highest BCUT2D eigenvalue weighted by Gasteiger charge is 2.38. The molecule has 190 valence electrons. The normalized spacial score (nSPS) is 17.6. The van der Waals surface area contributed by atoms with Crippen molar-refractivity contribution in [2.24, 2.45) is 0 Å². The van der Waals surface area contributed by atoms with Gasteiger partial charge in [-0.25, -0.2) is 0 Å². The van der Waals surface area contributed by atoms with Crippen LogP contribution in [0.5, 0.6) is 11.5 Å². The van der Waals surface area contributed by atoms with Crippen LogP contribution >= 0.6 is 0 Å². The molecule has 4 aliphatic heterocycles. The Bertz CT molecular complexity index is 1200. The average molecular weight is 490 g/mol. The van der Waals surface area contributed by atoms with Gasteiger partial charge in [-0.2, -0.15) is 0 Å². The van der Waals surface area contributed by atoms with Gasteiger partial charge in [-0.1, -0.05) is 6.92 Å². The number of hydrogen-bond donors (Lipinski definition) is 1. The van der Waals surface area contributed by atoms with Crippen molar-refractivity contribution in [2.45, 2.75) is 71.1 Å². The number of amides is 1. The van der Waals surface area contributed by atoms with Crippen molar-refractivity contribution in [3.05, 3.63) is 34.4 Å². The first kappa shape index (κ1) is 23.2. The maximum absolute atomic E-state index is 13.8. The lowest BCUT2D eigenvalue weighted by atomic mass is 9.88. The van der Waals surface area contributed by atoms with Crippen molar-refractivity contribution in [1.82, 2.24) is 0 Å². The van der Waals surface area contributed by atoms with E-state index < -0.39 is 5.97 Å². The van der Waals surface area contributed by atoms with Gasteiger partial charge in [0.2, 0.25) is 5.91 Å². The first-order valence-electron chi connectivity index (χ1n) is 13.5. The quantitative estimate of drug-likeness (QED) is 0.610. The van der Waals surface area contributed by atoms with Crippen molar-refractivity contribution in [2.75, 3.05) is 41.4 Å². The molecule has 2 aromatic carbocycles. The van der Waals surface area contributed by atoms with Crippen LogP contribution in [0.25, 0.3) is 0 Å². The van der Waals surface area contributed by atoms with Gasteiger partial charge < -0.3 is 19.6 Å². The molecule has 0 saturated carbocycles. The van der Waals surface area contributed by atoms with Gasteiger partial charge in [-0.15, -0.1) is 0 Å². The topological polar surface area (TPSA) is 73.3 Å². The van der Waals surface area contributed by atoms with Crippen LogP contribution in [0.3, 0.4) is 0 Å². The van der Waals surface area contributed by atoms with E-state index in [0.29, 0.717) is 6.42 Å². The van der Waals surface area contributed by atoms with Crippen LogP contribution in [-0.4, -0.2) is 43.7 Å². The molecule has 0 spiro atoms. The number of carboxylic acid groups (broad SMARTS) is 1. The van der Waals surface area contributed by atoms with Gasteiger partial charge in [0.1, 0.15) is 0 Å². The highest BCUT2D eigenvalue weighted by molar-refractivity contribution is 6.06. The Hall–Kier alpha value is -3.22. The summed E-state index contributed by atoms with van der Waals surface area (Å²) in [6.45, 7) is 5.33. The summed E-state index contributed by atoms with van der Waals surface area (Å²) in [6.07, 6.45) is 7.54. The predicted molar refractivity (Wildman–Crippen MR) is 141 cm³/mol. The van der Waals surface area contributed by atoms with Gasteiger partial charge >= 0.3 is 5.97 Å². The number of rotatable bonds is 5. The number of hydrogen-bond acceptors (Lipinski definition) is 5. The Morgan fingerprint density at radius 3 is 2.31 bits per heavy atom. The van der Waals surface area contributed by atoms with Crippen LogP contribution in [0.15, 0.2) is 12.1 Å². The number of aryl methyl sites for hydroxylation is 2. The molecule has 2 aromatic rings. The minimum absolute atomic E-state index is 0.00458.